The van der Waals surface area contributed by atoms with E-state index in [4.69, 9.17) is 14.6 Å². The van der Waals surface area contributed by atoms with Gasteiger partial charge in [0.1, 0.15) is 18.5 Å². The molecule has 2 aliphatic carbocycles. The molecule has 1 heterocycles. The Hall–Kier alpha value is -2.73. The van der Waals surface area contributed by atoms with Crippen molar-refractivity contribution in [3.05, 3.63) is 67.0 Å². The van der Waals surface area contributed by atoms with Gasteiger partial charge in [0.2, 0.25) is 10.0 Å². The highest BCUT2D eigenvalue weighted by Gasteiger charge is 2.17. The minimum Gasteiger partial charge on any atom is -0.463 e. The van der Waals surface area contributed by atoms with Crippen molar-refractivity contribution in [2.45, 2.75) is 360 Å². The standard InChI is InChI=1S/2C9H18.C9H12.2C9H20.C7H17NO2S.C7H12O2.C6H9N3.C5H12.C4H10O.C4H10.C3H8O/c3*1-8(2)9-6-4-3-5-7-9;1-8(2)6-5-7-9(3)4;1-5-6-9(4)7-8(2)3;1-7(2)5-6-11(9,10)8(3)4;1-4-5-7(8)9-6(2)3;1-5(2)6-8-3-7-4-9-6;1-4-5(2)3;1-4(2)5-3;1-4(2)3;1-3(2)4/h2*8-9H,3-7H2,1-2H3;3-8H,1-2H3;2*8-9H,5-7H2,1-4H3;7H,5-6H2,1-4H3;4,6H,1,5H2,2-3H3;3-5H,1-2H3;5H,4H2,1-3H3;4H,1-3H3;4H,1-3H3;3-4H,1-2H3. The molecule has 1 unspecified atom stereocenters. The summed E-state index contributed by atoms with van der Waals surface area (Å²) in [7, 11) is 1.87. The Balaban J connectivity index is -0.000000141. The second kappa shape index (κ2) is 72.5. The van der Waals surface area contributed by atoms with E-state index >= 15 is 0 Å². The lowest BCUT2D eigenvalue weighted by Crippen LogP contribution is -2.25. The molecule has 4 rings (SSSR count). The summed E-state index contributed by atoms with van der Waals surface area (Å²) in [6, 6.07) is 10.5. The molecule has 1 N–H and O–H groups in total. The number of rotatable bonds is 21. The Morgan fingerprint density at radius 1 is 0.587 bits per heavy atom. The number of aliphatic hydroxyl groups is 1. The Morgan fingerprint density at radius 2 is 0.957 bits per heavy atom. The molecule has 1 atom stereocenters. The predicted octanol–water partition coefficient (Wildman–Crippen LogP) is 24.8. The third-order valence-corrected chi connectivity index (χ3v) is 16.2. The molecule has 2 aromatic rings. The van der Waals surface area contributed by atoms with Gasteiger partial charge in [-0.15, -0.1) is 6.58 Å². The average Bonchev–Trinajstić information content (AvgIpc) is 3.63. The van der Waals surface area contributed by atoms with Crippen LogP contribution in [0.25, 0.3) is 0 Å². The molecular weight excluding hydrogens is 1160 g/mol. The second-order valence-electron chi connectivity index (χ2n) is 30.5. The number of sulfonamides is 1. The largest absolute Gasteiger partial charge is 0.463 e. The van der Waals surface area contributed by atoms with Crippen LogP contribution in [-0.2, 0) is 24.3 Å². The third kappa shape index (κ3) is 98.3. The lowest BCUT2D eigenvalue weighted by Gasteiger charge is -2.24. The monoisotopic (exact) mass is 1320 g/mol. The fourth-order valence-electron chi connectivity index (χ4n) is 8.33. The minimum absolute atomic E-state index is 0.0163. The van der Waals surface area contributed by atoms with Gasteiger partial charge in [-0.1, -0.05) is 305 Å². The smallest absolute Gasteiger partial charge is 0.309 e. The summed E-state index contributed by atoms with van der Waals surface area (Å²) in [6.45, 7) is 68.0. The molecule has 1 aromatic carbocycles. The Labute approximate surface area is 578 Å². The highest BCUT2D eigenvalue weighted by molar-refractivity contribution is 7.89. The van der Waals surface area contributed by atoms with E-state index in [0.29, 0.717) is 30.3 Å². The lowest BCUT2D eigenvalue weighted by atomic mass is 9.82. The molecule has 0 amide bonds. The van der Waals surface area contributed by atoms with Crippen LogP contribution < -0.4 is 0 Å². The normalized spacial score (nSPS) is 13.3. The number of nitrogens with zero attached hydrogens (tertiary/aromatic N) is 4. The molecule has 2 fully saturated rings. The molecule has 0 saturated heterocycles. The van der Waals surface area contributed by atoms with Gasteiger partial charge in [-0.05, 0) is 131 Å². The zero-order chi connectivity index (χ0) is 73.4. The molecule has 11 heteroatoms. The maximum atomic E-state index is 11.2. The van der Waals surface area contributed by atoms with Crippen LogP contribution in [0.5, 0.6) is 0 Å². The number of esters is 1. The van der Waals surface area contributed by atoms with Gasteiger partial charge in [0.15, 0.2) is 0 Å². The van der Waals surface area contributed by atoms with Gasteiger partial charge < -0.3 is 14.6 Å². The number of ether oxygens (including phenoxy) is 2. The molecule has 0 spiro atoms. The van der Waals surface area contributed by atoms with Crippen molar-refractivity contribution < 1.29 is 27.8 Å². The Bertz CT molecular complexity index is 1740. The zero-order valence-corrected chi connectivity index (χ0v) is 68.7. The first-order valence-corrected chi connectivity index (χ1v) is 38.7. The fraction of sp³-hybridized carbons (Fsp3) is 0.852. The van der Waals surface area contributed by atoms with E-state index in [1.807, 2.05) is 47.6 Å². The molecule has 0 aliphatic heterocycles. The number of carbonyl (C=O) groups is 1. The van der Waals surface area contributed by atoms with E-state index in [0.717, 1.165) is 71.4 Å². The topological polar surface area (TPSA) is 132 Å². The number of aliphatic hydroxyl groups excluding tert-OH is 1. The highest BCUT2D eigenvalue weighted by Crippen LogP contribution is 2.30. The van der Waals surface area contributed by atoms with E-state index in [1.54, 1.807) is 35.1 Å². The van der Waals surface area contributed by atoms with Crippen LogP contribution in [0.3, 0.4) is 0 Å². The maximum absolute atomic E-state index is 11.2. The van der Waals surface area contributed by atoms with E-state index in [9.17, 15) is 13.2 Å². The van der Waals surface area contributed by atoms with Crippen molar-refractivity contribution in [1.29, 1.82) is 0 Å². The summed E-state index contributed by atoms with van der Waals surface area (Å²) in [5, 5.41) is 8.06. The van der Waals surface area contributed by atoms with Crippen LogP contribution in [0.4, 0.5) is 0 Å². The van der Waals surface area contributed by atoms with Crippen molar-refractivity contribution in [2.75, 3.05) is 27.0 Å². The molecule has 2 aliphatic rings. The number of hydrogen-bond acceptors (Lipinski definition) is 9. The van der Waals surface area contributed by atoms with Crippen LogP contribution in [-0.4, -0.2) is 84.0 Å². The number of aromatic nitrogens is 3. The molecule has 10 nitrogen and oxygen atoms in total. The van der Waals surface area contributed by atoms with Crippen molar-refractivity contribution in [3.8, 4) is 0 Å². The van der Waals surface area contributed by atoms with E-state index in [1.165, 1.54) is 138 Å². The SMILES string of the molecule is C=CCC(=O)OC(C)C.CC(C)C.CC(C)C1CCCCC1.CC(C)C1CCCCC1.CC(C)CCCC(C)C.CC(C)CCS(=O)(=O)N(C)C.CC(C)O.CC(C)c1ccccc1.CC(C)c1ncncn1.CCC(C)C.CCCC(C)CC(C)C.COC(C)C. The number of methoxy groups -OCH3 is 1. The number of hydrogen-bond donors (Lipinski definition) is 1. The van der Waals surface area contributed by atoms with Gasteiger partial charge in [0.05, 0.1) is 24.4 Å². The van der Waals surface area contributed by atoms with Gasteiger partial charge in [0, 0.05) is 33.2 Å². The highest BCUT2D eigenvalue weighted by atomic mass is 32.2. The molecule has 0 bridgehead atoms. The van der Waals surface area contributed by atoms with E-state index in [-0.39, 0.29) is 23.9 Å². The average molecular weight is 1320 g/mol. The fourth-order valence-corrected chi connectivity index (χ4v) is 9.47. The Kier molecular flexibility index (Phi) is 83.0. The van der Waals surface area contributed by atoms with Crippen LogP contribution in [0.1, 0.15) is 353 Å². The summed E-state index contributed by atoms with van der Waals surface area (Å²) in [6.07, 6.45) is 30.4. The van der Waals surface area contributed by atoms with Crippen LogP contribution in [0.2, 0.25) is 0 Å². The van der Waals surface area contributed by atoms with Crippen LogP contribution >= 0.6 is 0 Å². The van der Waals surface area contributed by atoms with E-state index < -0.39 is 10.0 Å². The van der Waals surface area contributed by atoms with Gasteiger partial charge in [-0.25, -0.2) is 27.7 Å². The van der Waals surface area contributed by atoms with E-state index in [2.05, 4.69) is 198 Å². The van der Waals surface area contributed by atoms with Gasteiger partial charge >= 0.3 is 5.97 Å². The zero-order valence-electron chi connectivity index (χ0n) is 67.9. The molecule has 2 saturated carbocycles. The maximum Gasteiger partial charge on any atom is 0.309 e. The minimum atomic E-state index is -2.96. The Morgan fingerprint density at radius 3 is 1.17 bits per heavy atom. The lowest BCUT2D eigenvalue weighted by molar-refractivity contribution is -0.146. The quantitative estimate of drug-likeness (QED) is 0.0958. The summed E-state index contributed by atoms with van der Waals surface area (Å²) < 4.78 is 33.1. The second-order valence-corrected chi connectivity index (χ2v) is 32.8. The van der Waals surface area contributed by atoms with Crippen molar-refractivity contribution in [2.24, 2.45) is 65.1 Å². The van der Waals surface area contributed by atoms with Gasteiger partial charge in [-0.3, -0.25) is 4.79 Å². The number of benzene rings is 1. The first-order chi connectivity index (χ1) is 42.5. The first-order valence-electron chi connectivity index (χ1n) is 37.1. The molecule has 0 radical (unpaired) electrons. The van der Waals surface area contributed by atoms with Gasteiger partial charge in [-0.2, -0.15) is 0 Å². The molecule has 552 valence electrons. The predicted molar refractivity (Wildman–Crippen MR) is 412 cm³/mol. The first kappa shape index (κ1) is 105. The molecule has 92 heavy (non-hydrogen) atoms. The van der Waals surface area contributed by atoms with Gasteiger partial charge in [0.25, 0.3) is 0 Å². The summed E-state index contributed by atoms with van der Waals surface area (Å²) in [5.41, 5.74) is 1.41. The third-order valence-electron chi connectivity index (χ3n) is 14.4. The summed E-state index contributed by atoms with van der Waals surface area (Å²) >= 11 is 0. The molecule has 1 aromatic heterocycles. The van der Waals surface area contributed by atoms with Crippen LogP contribution in [0.15, 0.2) is 55.6 Å². The van der Waals surface area contributed by atoms with Crippen molar-refractivity contribution in [3.63, 3.8) is 0 Å². The van der Waals surface area contributed by atoms with Crippen molar-refractivity contribution in [1.82, 2.24) is 19.3 Å². The van der Waals surface area contributed by atoms with Crippen LogP contribution in [0, 0.1) is 65.1 Å². The van der Waals surface area contributed by atoms with Crippen molar-refractivity contribution >= 4 is 16.0 Å². The molecular formula is C81H166N4O6S. The number of carbonyl (C=O) groups excluding carboxylic acids is 1. The summed E-state index contributed by atoms with van der Waals surface area (Å²) in [5.74, 6) is 11.7. The summed E-state index contributed by atoms with van der Waals surface area (Å²) in [4.78, 5) is 22.2.